The number of anilines is 3. The van der Waals surface area contributed by atoms with Crippen LogP contribution in [0.3, 0.4) is 0 Å². The molecule has 5 heteroatoms. The molecule has 0 heterocycles. The van der Waals surface area contributed by atoms with Gasteiger partial charge in [0.1, 0.15) is 0 Å². The number of hydrogen-bond donors (Lipinski definition) is 3. The molecule has 0 radical (unpaired) electrons. The van der Waals surface area contributed by atoms with Crippen molar-refractivity contribution in [1.29, 1.82) is 0 Å². The van der Waals surface area contributed by atoms with Crippen LogP contribution < -0.4 is 22.5 Å². The first-order chi connectivity index (χ1) is 8.49. The van der Waals surface area contributed by atoms with Crippen LogP contribution in [0.4, 0.5) is 17.1 Å². The van der Waals surface area contributed by atoms with Crippen molar-refractivity contribution < 1.29 is 4.79 Å². The van der Waals surface area contributed by atoms with E-state index in [2.05, 4.69) is 9.24 Å². The third-order valence-corrected chi connectivity index (χ3v) is 3.17. The van der Waals surface area contributed by atoms with Gasteiger partial charge in [-0.25, -0.2) is 0 Å². The number of nitrogen functional groups attached to an aromatic ring is 3. The Kier molecular flexibility index (Phi) is 3.21. The molecule has 0 amide bonds. The maximum absolute atomic E-state index is 12.3. The van der Waals surface area contributed by atoms with Crippen molar-refractivity contribution in [2.45, 2.75) is 0 Å². The SMILES string of the molecule is Nc1ccc(C(=O)c2ccc(N)c(P)c2)c(N)c1. The van der Waals surface area contributed by atoms with Crippen LogP contribution >= 0.6 is 9.24 Å². The molecular weight excluding hydrogens is 245 g/mol. The molecule has 0 aromatic heterocycles. The topological polar surface area (TPSA) is 95.1 Å². The summed E-state index contributed by atoms with van der Waals surface area (Å²) in [4.78, 5) is 12.3. The van der Waals surface area contributed by atoms with Crippen molar-refractivity contribution in [2.75, 3.05) is 17.2 Å². The first-order valence-corrected chi connectivity index (χ1v) is 5.91. The number of nitrogens with two attached hydrogens (primary N) is 3. The quantitative estimate of drug-likeness (QED) is 0.428. The van der Waals surface area contributed by atoms with E-state index in [9.17, 15) is 4.79 Å². The molecule has 2 rings (SSSR count). The molecule has 0 aliphatic carbocycles. The van der Waals surface area contributed by atoms with Gasteiger partial charge in [0, 0.05) is 28.2 Å². The first-order valence-electron chi connectivity index (χ1n) is 5.33. The average molecular weight is 259 g/mol. The number of carbonyl (C=O) groups excluding carboxylic acids is 1. The van der Waals surface area contributed by atoms with E-state index in [1.165, 1.54) is 0 Å². The van der Waals surface area contributed by atoms with E-state index >= 15 is 0 Å². The van der Waals surface area contributed by atoms with Crippen molar-refractivity contribution in [3.8, 4) is 0 Å². The lowest BCUT2D eigenvalue weighted by Gasteiger charge is -2.07. The van der Waals surface area contributed by atoms with Gasteiger partial charge >= 0.3 is 0 Å². The van der Waals surface area contributed by atoms with Gasteiger partial charge in [0.2, 0.25) is 0 Å². The van der Waals surface area contributed by atoms with Crippen LogP contribution in [0.15, 0.2) is 36.4 Å². The summed E-state index contributed by atoms with van der Waals surface area (Å²) in [5, 5.41) is 0.787. The predicted molar refractivity (Wildman–Crippen MR) is 78.9 cm³/mol. The molecule has 0 fully saturated rings. The Morgan fingerprint density at radius 3 is 2.28 bits per heavy atom. The van der Waals surface area contributed by atoms with Crippen LogP contribution in [0.25, 0.3) is 0 Å². The highest BCUT2D eigenvalue weighted by Gasteiger charge is 2.13. The summed E-state index contributed by atoms with van der Waals surface area (Å²) in [6.45, 7) is 0. The van der Waals surface area contributed by atoms with Gasteiger partial charge < -0.3 is 17.2 Å². The lowest BCUT2D eigenvalue weighted by Crippen LogP contribution is -2.09. The summed E-state index contributed by atoms with van der Waals surface area (Å²) < 4.78 is 0. The molecule has 2 aromatic carbocycles. The summed E-state index contributed by atoms with van der Waals surface area (Å²) in [6, 6.07) is 9.96. The van der Waals surface area contributed by atoms with Gasteiger partial charge in [-0.2, -0.15) is 0 Å². The molecule has 6 N–H and O–H groups in total. The molecule has 1 atom stereocenters. The van der Waals surface area contributed by atoms with Crippen molar-refractivity contribution in [1.82, 2.24) is 0 Å². The van der Waals surface area contributed by atoms with E-state index in [1.807, 2.05) is 0 Å². The lowest BCUT2D eigenvalue weighted by molar-refractivity contribution is 0.103. The second kappa shape index (κ2) is 4.67. The number of rotatable bonds is 2. The summed E-state index contributed by atoms with van der Waals surface area (Å²) in [5.74, 6) is -0.142. The second-order valence-electron chi connectivity index (χ2n) is 4.02. The van der Waals surface area contributed by atoms with Gasteiger partial charge in [0.05, 0.1) is 0 Å². The fourth-order valence-corrected chi connectivity index (χ4v) is 1.94. The molecule has 1 unspecified atom stereocenters. The summed E-state index contributed by atoms with van der Waals surface area (Å²) in [7, 11) is 2.49. The van der Waals surface area contributed by atoms with E-state index in [-0.39, 0.29) is 5.78 Å². The second-order valence-corrected chi connectivity index (χ2v) is 4.64. The Labute approximate surface area is 107 Å². The van der Waals surface area contributed by atoms with E-state index in [0.29, 0.717) is 28.2 Å². The molecule has 0 bridgehead atoms. The molecule has 0 saturated carbocycles. The van der Waals surface area contributed by atoms with Crippen LogP contribution in [-0.4, -0.2) is 5.78 Å². The zero-order valence-corrected chi connectivity index (χ0v) is 10.8. The Bertz CT molecular complexity index is 626. The van der Waals surface area contributed by atoms with Crippen LogP contribution in [-0.2, 0) is 0 Å². The Morgan fingerprint density at radius 1 is 0.944 bits per heavy atom. The molecule has 18 heavy (non-hydrogen) atoms. The third kappa shape index (κ3) is 2.29. The molecule has 0 aliphatic heterocycles. The normalized spacial score (nSPS) is 10.3. The van der Waals surface area contributed by atoms with E-state index in [4.69, 9.17) is 17.2 Å². The Hall–Kier alpha value is -2.06. The van der Waals surface area contributed by atoms with E-state index in [0.717, 1.165) is 5.30 Å². The molecule has 4 nitrogen and oxygen atoms in total. The summed E-state index contributed by atoms with van der Waals surface area (Å²) >= 11 is 0. The van der Waals surface area contributed by atoms with E-state index in [1.54, 1.807) is 36.4 Å². The highest BCUT2D eigenvalue weighted by molar-refractivity contribution is 7.28. The van der Waals surface area contributed by atoms with Crippen LogP contribution in [0.2, 0.25) is 0 Å². The van der Waals surface area contributed by atoms with Gasteiger partial charge in [-0.15, -0.1) is 9.24 Å². The van der Waals surface area contributed by atoms with Gasteiger partial charge in [0.15, 0.2) is 5.78 Å². The minimum Gasteiger partial charge on any atom is -0.399 e. The van der Waals surface area contributed by atoms with Gasteiger partial charge in [-0.3, -0.25) is 4.79 Å². The zero-order chi connectivity index (χ0) is 13.3. The van der Waals surface area contributed by atoms with Crippen LogP contribution in [0.5, 0.6) is 0 Å². The molecule has 0 spiro atoms. The number of carbonyl (C=O) groups is 1. The highest BCUT2D eigenvalue weighted by atomic mass is 31.0. The number of hydrogen-bond acceptors (Lipinski definition) is 4. The maximum Gasteiger partial charge on any atom is 0.195 e. The Balaban J connectivity index is 2.44. The van der Waals surface area contributed by atoms with Crippen molar-refractivity contribution in [3.05, 3.63) is 47.5 Å². The fourth-order valence-electron chi connectivity index (χ4n) is 1.66. The van der Waals surface area contributed by atoms with Crippen LogP contribution in [0, 0.1) is 0 Å². The largest absolute Gasteiger partial charge is 0.399 e. The molecule has 0 saturated heterocycles. The molecule has 92 valence electrons. The summed E-state index contributed by atoms with van der Waals surface area (Å²) in [6.07, 6.45) is 0. The fraction of sp³-hybridized carbons (Fsp3) is 0. The Morgan fingerprint density at radius 2 is 1.67 bits per heavy atom. The predicted octanol–water partition coefficient (Wildman–Crippen LogP) is 1.16. The smallest absolute Gasteiger partial charge is 0.195 e. The average Bonchev–Trinajstić information content (AvgIpc) is 2.32. The minimum atomic E-state index is -0.142. The maximum atomic E-state index is 12.3. The number of benzene rings is 2. The zero-order valence-electron chi connectivity index (χ0n) is 9.68. The van der Waals surface area contributed by atoms with Gasteiger partial charge in [0.25, 0.3) is 0 Å². The van der Waals surface area contributed by atoms with E-state index < -0.39 is 0 Å². The lowest BCUT2D eigenvalue weighted by atomic mass is 10.0. The van der Waals surface area contributed by atoms with Gasteiger partial charge in [-0.1, -0.05) is 0 Å². The van der Waals surface area contributed by atoms with Crippen LogP contribution in [0.1, 0.15) is 15.9 Å². The first kappa shape index (κ1) is 12.4. The molecule has 0 aliphatic rings. The monoisotopic (exact) mass is 259 g/mol. The summed E-state index contributed by atoms with van der Waals surface area (Å²) in [5.41, 5.74) is 19.6. The molecule has 2 aromatic rings. The third-order valence-electron chi connectivity index (χ3n) is 2.67. The molecular formula is C13H14N3OP. The number of ketones is 1. The van der Waals surface area contributed by atoms with Gasteiger partial charge in [-0.05, 0) is 41.7 Å². The minimum absolute atomic E-state index is 0.142. The van der Waals surface area contributed by atoms with Crippen molar-refractivity contribution in [3.63, 3.8) is 0 Å². The van der Waals surface area contributed by atoms with Crippen molar-refractivity contribution >= 4 is 37.4 Å². The van der Waals surface area contributed by atoms with Crippen molar-refractivity contribution in [2.24, 2.45) is 0 Å². The standard InChI is InChI=1S/C13H14N3OP/c14-8-2-3-9(11(16)6-8)13(17)7-1-4-10(15)12(18)5-7/h1-6H,14-16,18H2. The highest BCUT2D eigenvalue weighted by Crippen LogP contribution is 2.20.